The summed E-state index contributed by atoms with van der Waals surface area (Å²) >= 11 is 0. The van der Waals surface area contributed by atoms with E-state index in [0.717, 1.165) is 7.11 Å². The molecule has 0 saturated heterocycles. The zero-order valence-electron chi connectivity index (χ0n) is 6.58. The first-order valence-electron chi connectivity index (χ1n) is 3.33. The molecule has 0 atom stereocenters. The van der Waals surface area contributed by atoms with E-state index in [-0.39, 0.29) is 5.30 Å². The Morgan fingerprint density at radius 1 is 1.08 bits per heavy atom. The van der Waals surface area contributed by atoms with E-state index in [1.54, 1.807) is 18.2 Å². The fraction of sp³-hybridized carbons (Fsp3) is 0.143. The van der Waals surface area contributed by atoms with Crippen molar-refractivity contribution in [1.82, 2.24) is 0 Å². The SMILES string of the molecule is COP(O)(O)(O)c1ccccc1. The van der Waals surface area contributed by atoms with Crippen molar-refractivity contribution in [2.75, 3.05) is 7.11 Å². The van der Waals surface area contributed by atoms with Crippen LogP contribution in [0.5, 0.6) is 0 Å². The molecule has 1 aromatic rings. The van der Waals surface area contributed by atoms with Crippen molar-refractivity contribution >= 4 is 12.8 Å². The van der Waals surface area contributed by atoms with Gasteiger partial charge in [-0.1, -0.05) is 0 Å². The van der Waals surface area contributed by atoms with Gasteiger partial charge in [-0.25, -0.2) is 0 Å². The molecule has 0 unspecified atom stereocenters. The molecular formula is C7H11O4P. The first kappa shape index (κ1) is 9.58. The van der Waals surface area contributed by atoms with Crippen LogP contribution in [0, 0.1) is 0 Å². The summed E-state index contributed by atoms with van der Waals surface area (Å²) in [7, 11) is -3.97. The minimum atomic E-state index is -5.02. The van der Waals surface area contributed by atoms with Gasteiger partial charge in [0, 0.05) is 0 Å². The van der Waals surface area contributed by atoms with E-state index < -0.39 is 7.51 Å². The standard InChI is InChI=1S/C7H11O4P/c1-11-12(8,9,10)7-5-3-2-4-6-7/h2-6,8-10H,1H3. The summed E-state index contributed by atoms with van der Waals surface area (Å²) in [6, 6.07) is 7.64. The Morgan fingerprint density at radius 2 is 1.58 bits per heavy atom. The van der Waals surface area contributed by atoms with Gasteiger partial charge >= 0.3 is 69.5 Å². The second kappa shape index (κ2) is 2.76. The number of benzene rings is 1. The van der Waals surface area contributed by atoms with Gasteiger partial charge in [-0.2, -0.15) is 0 Å². The maximum atomic E-state index is 9.28. The first-order valence-corrected chi connectivity index (χ1v) is 5.34. The molecule has 0 bridgehead atoms. The number of rotatable bonds is 2. The molecule has 0 spiro atoms. The third-order valence-corrected chi connectivity index (χ3v) is 3.42. The zero-order valence-corrected chi connectivity index (χ0v) is 7.48. The Labute approximate surface area is 70.3 Å². The summed E-state index contributed by atoms with van der Waals surface area (Å²) in [6.07, 6.45) is 0. The van der Waals surface area contributed by atoms with Crippen molar-refractivity contribution in [3.05, 3.63) is 30.3 Å². The molecule has 4 nitrogen and oxygen atoms in total. The van der Waals surface area contributed by atoms with Gasteiger partial charge in [0.1, 0.15) is 0 Å². The molecule has 12 heavy (non-hydrogen) atoms. The van der Waals surface area contributed by atoms with Crippen molar-refractivity contribution in [2.45, 2.75) is 0 Å². The van der Waals surface area contributed by atoms with Crippen LogP contribution in [0.25, 0.3) is 0 Å². The molecule has 5 heteroatoms. The minimum absolute atomic E-state index is 0.00833. The van der Waals surface area contributed by atoms with Crippen LogP contribution in [0.2, 0.25) is 0 Å². The predicted octanol–water partition coefficient (Wildman–Crippen LogP) is 0.148. The van der Waals surface area contributed by atoms with E-state index in [1.165, 1.54) is 12.1 Å². The maximum absolute atomic E-state index is 9.28. The molecule has 68 valence electrons. The molecule has 0 aliphatic rings. The number of hydrogen-bond donors (Lipinski definition) is 3. The van der Waals surface area contributed by atoms with Gasteiger partial charge in [0.15, 0.2) is 0 Å². The fourth-order valence-electron chi connectivity index (χ4n) is 0.794. The molecule has 0 aliphatic carbocycles. The van der Waals surface area contributed by atoms with Crippen LogP contribution >= 0.6 is 7.51 Å². The van der Waals surface area contributed by atoms with E-state index in [1.807, 2.05) is 0 Å². The third-order valence-electron chi connectivity index (χ3n) is 1.54. The van der Waals surface area contributed by atoms with Crippen LogP contribution in [0.3, 0.4) is 0 Å². The van der Waals surface area contributed by atoms with Crippen LogP contribution in [0.4, 0.5) is 0 Å². The van der Waals surface area contributed by atoms with Crippen LogP contribution < -0.4 is 5.30 Å². The Kier molecular flexibility index (Phi) is 2.21. The molecular weight excluding hydrogens is 179 g/mol. The van der Waals surface area contributed by atoms with Gasteiger partial charge in [-0.15, -0.1) is 0 Å². The van der Waals surface area contributed by atoms with Crippen molar-refractivity contribution in [1.29, 1.82) is 0 Å². The second-order valence-corrected chi connectivity index (χ2v) is 5.11. The van der Waals surface area contributed by atoms with E-state index in [0.29, 0.717) is 0 Å². The Morgan fingerprint density at radius 3 is 2.00 bits per heavy atom. The Hall–Kier alpha value is -0.510. The molecule has 0 fully saturated rings. The fourth-order valence-corrected chi connectivity index (χ4v) is 1.70. The van der Waals surface area contributed by atoms with Crippen molar-refractivity contribution in [2.24, 2.45) is 0 Å². The molecule has 0 aliphatic heterocycles. The quantitative estimate of drug-likeness (QED) is 0.580. The normalized spacial score (nSPS) is 15.2. The summed E-state index contributed by atoms with van der Waals surface area (Å²) < 4.78 is 4.31. The van der Waals surface area contributed by atoms with Gasteiger partial charge in [0.2, 0.25) is 0 Å². The van der Waals surface area contributed by atoms with Crippen molar-refractivity contribution in [3.8, 4) is 0 Å². The van der Waals surface area contributed by atoms with Crippen LogP contribution in [-0.4, -0.2) is 21.8 Å². The summed E-state index contributed by atoms with van der Waals surface area (Å²) in [5, 5.41) is -0.00833. The molecule has 1 aromatic carbocycles. The summed E-state index contributed by atoms with van der Waals surface area (Å²) in [6.45, 7) is 0. The van der Waals surface area contributed by atoms with E-state index >= 15 is 0 Å². The average molecular weight is 190 g/mol. The van der Waals surface area contributed by atoms with Gasteiger partial charge in [0.05, 0.1) is 0 Å². The summed E-state index contributed by atoms with van der Waals surface area (Å²) in [4.78, 5) is 27.8. The van der Waals surface area contributed by atoms with Crippen molar-refractivity contribution < 1.29 is 19.2 Å². The van der Waals surface area contributed by atoms with Gasteiger partial charge in [-0.3, -0.25) is 0 Å². The zero-order chi connectivity index (χ0) is 9.27. The summed E-state index contributed by atoms with van der Waals surface area (Å²) in [5.74, 6) is 0. The number of hydrogen-bond acceptors (Lipinski definition) is 4. The van der Waals surface area contributed by atoms with Gasteiger partial charge in [-0.05, 0) is 0 Å². The average Bonchev–Trinajstić information content (AvgIpc) is 2.06. The molecule has 0 heterocycles. The van der Waals surface area contributed by atoms with Crippen LogP contribution in [0.1, 0.15) is 0 Å². The van der Waals surface area contributed by atoms with Crippen LogP contribution in [0.15, 0.2) is 30.3 Å². The molecule has 1 rings (SSSR count). The van der Waals surface area contributed by atoms with E-state index in [2.05, 4.69) is 4.52 Å². The van der Waals surface area contributed by atoms with E-state index in [4.69, 9.17) is 0 Å². The third kappa shape index (κ3) is 1.80. The molecule has 0 aromatic heterocycles. The van der Waals surface area contributed by atoms with Gasteiger partial charge in [0.25, 0.3) is 0 Å². The van der Waals surface area contributed by atoms with Gasteiger partial charge < -0.3 is 0 Å². The van der Waals surface area contributed by atoms with Crippen LogP contribution in [-0.2, 0) is 4.52 Å². The molecule has 0 amide bonds. The molecule has 0 saturated carbocycles. The monoisotopic (exact) mass is 190 g/mol. The van der Waals surface area contributed by atoms with Crippen molar-refractivity contribution in [3.63, 3.8) is 0 Å². The predicted molar refractivity (Wildman–Crippen MR) is 46.7 cm³/mol. The Balaban J connectivity index is 3.14. The van der Waals surface area contributed by atoms with E-state index in [9.17, 15) is 14.7 Å². The Bertz CT molecular complexity index is 264. The summed E-state index contributed by atoms with van der Waals surface area (Å²) in [5.41, 5.74) is 0. The second-order valence-electron chi connectivity index (χ2n) is 2.42. The molecule has 0 radical (unpaired) electrons. The first-order chi connectivity index (χ1) is 5.44. The molecule has 3 N–H and O–H groups in total. The topological polar surface area (TPSA) is 69.9 Å².